The Balaban J connectivity index is 1.56. The SMILES string of the molecule is CCC(CNC(=O)OCC1c2ccccc2-c2ccccc21)C(=O)N[C@H](CC)C(=O)O. The molecular formula is C24H28N2O5. The first kappa shape index (κ1) is 22.3. The summed E-state index contributed by atoms with van der Waals surface area (Å²) >= 11 is 0. The molecule has 0 heterocycles. The Morgan fingerprint density at radius 3 is 2.06 bits per heavy atom. The zero-order valence-corrected chi connectivity index (χ0v) is 17.8. The summed E-state index contributed by atoms with van der Waals surface area (Å²) in [6, 6.07) is 15.2. The lowest BCUT2D eigenvalue weighted by molar-refractivity contribution is -0.142. The van der Waals surface area contributed by atoms with Gasteiger partial charge in [-0.3, -0.25) is 4.79 Å². The van der Waals surface area contributed by atoms with E-state index in [1.807, 2.05) is 43.3 Å². The van der Waals surface area contributed by atoms with Crippen LogP contribution in [0.5, 0.6) is 0 Å². The molecule has 0 spiro atoms. The number of ether oxygens (including phenoxy) is 1. The number of carboxylic acids is 1. The van der Waals surface area contributed by atoms with Crippen molar-refractivity contribution in [2.75, 3.05) is 13.2 Å². The van der Waals surface area contributed by atoms with Crippen LogP contribution in [-0.4, -0.2) is 42.3 Å². The van der Waals surface area contributed by atoms with Crippen LogP contribution in [0.25, 0.3) is 11.1 Å². The quantitative estimate of drug-likeness (QED) is 0.571. The van der Waals surface area contributed by atoms with Gasteiger partial charge in [-0.15, -0.1) is 0 Å². The topological polar surface area (TPSA) is 105 Å². The fourth-order valence-electron chi connectivity index (χ4n) is 3.91. The highest BCUT2D eigenvalue weighted by atomic mass is 16.5. The van der Waals surface area contributed by atoms with Crippen molar-refractivity contribution < 1.29 is 24.2 Å². The number of nitrogens with one attached hydrogen (secondary N) is 2. The van der Waals surface area contributed by atoms with Crippen molar-refractivity contribution in [1.82, 2.24) is 10.6 Å². The average molecular weight is 424 g/mol. The van der Waals surface area contributed by atoms with Crippen LogP contribution in [0.3, 0.4) is 0 Å². The maximum absolute atomic E-state index is 12.3. The van der Waals surface area contributed by atoms with Crippen LogP contribution in [0.15, 0.2) is 48.5 Å². The van der Waals surface area contributed by atoms with Gasteiger partial charge in [0.05, 0.1) is 5.92 Å². The molecular weight excluding hydrogens is 396 g/mol. The van der Waals surface area contributed by atoms with Crippen LogP contribution >= 0.6 is 0 Å². The fourth-order valence-corrected chi connectivity index (χ4v) is 3.91. The lowest BCUT2D eigenvalue weighted by Crippen LogP contribution is -2.46. The van der Waals surface area contributed by atoms with Crippen molar-refractivity contribution in [3.8, 4) is 11.1 Å². The van der Waals surface area contributed by atoms with E-state index in [1.165, 1.54) is 0 Å². The van der Waals surface area contributed by atoms with Crippen molar-refractivity contribution in [2.24, 2.45) is 5.92 Å². The van der Waals surface area contributed by atoms with Crippen molar-refractivity contribution in [3.05, 3.63) is 59.7 Å². The monoisotopic (exact) mass is 424 g/mol. The van der Waals surface area contributed by atoms with E-state index in [1.54, 1.807) is 6.92 Å². The smallest absolute Gasteiger partial charge is 0.407 e. The molecule has 3 N–H and O–H groups in total. The summed E-state index contributed by atoms with van der Waals surface area (Å²) in [5, 5.41) is 14.3. The Bertz CT molecular complexity index is 913. The van der Waals surface area contributed by atoms with Crippen LogP contribution in [0.4, 0.5) is 4.79 Å². The fraction of sp³-hybridized carbons (Fsp3) is 0.375. The maximum atomic E-state index is 12.3. The maximum Gasteiger partial charge on any atom is 0.407 e. The Morgan fingerprint density at radius 2 is 1.55 bits per heavy atom. The number of benzene rings is 2. The molecule has 7 nitrogen and oxygen atoms in total. The third kappa shape index (κ3) is 5.05. The Hall–Kier alpha value is -3.35. The van der Waals surface area contributed by atoms with Crippen LogP contribution < -0.4 is 10.6 Å². The summed E-state index contributed by atoms with van der Waals surface area (Å²) < 4.78 is 5.48. The normalized spacial score (nSPS) is 14.1. The van der Waals surface area contributed by atoms with Gasteiger partial charge in [-0.25, -0.2) is 9.59 Å². The molecule has 0 aromatic heterocycles. The first-order valence-electron chi connectivity index (χ1n) is 10.6. The first-order chi connectivity index (χ1) is 15.0. The molecule has 31 heavy (non-hydrogen) atoms. The van der Waals surface area contributed by atoms with Crippen molar-refractivity contribution >= 4 is 18.0 Å². The number of carbonyl (C=O) groups excluding carboxylic acids is 2. The molecule has 1 unspecified atom stereocenters. The molecule has 2 atom stereocenters. The molecule has 2 amide bonds. The molecule has 0 saturated carbocycles. The molecule has 3 rings (SSSR count). The molecule has 2 aromatic carbocycles. The second-order valence-electron chi connectivity index (χ2n) is 7.62. The third-order valence-electron chi connectivity index (χ3n) is 5.72. The zero-order valence-electron chi connectivity index (χ0n) is 17.8. The van der Waals surface area contributed by atoms with Gasteiger partial charge in [0, 0.05) is 12.5 Å². The minimum Gasteiger partial charge on any atom is -0.480 e. The molecule has 7 heteroatoms. The molecule has 0 fully saturated rings. The van der Waals surface area contributed by atoms with Crippen molar-refractivity contribution in [3.63, 3.8) is 0 Å². The Kier molecular flexibility index (Phi) is 7.28. The molecule has 0 saturated heterocycles. The highest BCUT2D eigenvalue weighted by Gasteiger charge is 2.29. The van der Waals surface area contributed by atoms with Gasteiger partial charge < -0.3 is 20.5 Å². The molecule has 2 aromatic rings. The predicted octanol–water partition coefficient (Wildman–Crippen LogP) is 3.53. The van der Waals surface area contributed by atoms with E-state index in [0.29, 0.717) is 6.42 Å². The standard InChI is InChI=1S/C24H28N2O5/c1-3-15(22(27)26-21(4-2)23(28)29)13-25-24(30)31-14-20-18-11-7-5-9-16(18)17-10-6-8-12-19(17)20/h5-12,15,20-21H,3-4,13-14H2,1-2H3,(H,25,30)(H,26,27)(H,28,29)/t15?,21-/m1/s1. The summed E-state index contributed by atoms with van der Waals surface area (Å²) in [6.45, 7) is 3.77. The van der Waals surface area contributed by atoms with Gasteiger partial charge in [0.1, 0.15) is 12.6 Å². The lowest BCUT2D eigenvalue weighted by Gasteiger charge is -2.19. The van der Waals surface area contributed by atoms with Crippen molar-refractivity contribution in [1.29, 1.82) is 0 Å². The van der Waals surface area contributed by atoms with E-state index < -0.39 is 29.9 Å². The number of alkyl carbamates (subject to hydrolysis) is 1. The minimum absolute atomic E-state index is 0.0377. The van der Waals surface area contributed by atoms with Gasteiger partial charge >= 0.3 is 12.1 Å². The summed E-state index contributed by atoms with van der Waals surface area (Å²) in [7, 11) is 0. The lowest BCUT2D eigenvalue weighted by atomic mass is 9.98. The highest BCUT2D eigenvalue weighted by Crippen LogP contribution is 2.44. The van der Waals surface area contributed by atoms with Crippen LogP contribution in [0.1, 0.15) is 43.7 Å². The second kappa shape index (κ2) is 10.1. The third-order valence-corrected chi connectivity index (χ3v) is 5.72. The van der Waals surface area contributed by atoms with Crippen LogP contribution in [0.2, 0.25) is 0 Å². The number of amides is 2. The van der Waals surface area contributed by atoms with E-state index in [4.69, 9.17) is 9.84 Å². The summed E-state index contributed by atoms with van der Waals surface area (Å²) in [5.41, 5.74) is 4.56. The number of fused-ring (bicyclic) bond motifs is 3. The van der Waals surface area contributed by atoms with E-state index in [2.05, 4.69) is 22.8 Å². The number of rotatable bonds is 9. The zero-order chi connectivity index (χ0) is 22.4. The largest absolute Gasteiger partial charge is 0.480 e. The van der Waals surface area contributed by atoms with E-state index in [9.17, 15) is 14.4 Å². The molecule has 0 radical (unpaired) electrons. The van der Waals surface area contributed by atoms with Gasteiger partial charge in [0.2, 0.25) is 5.91 Å². The second-order valence-corrected chi connectivity index (χ2v) is 7.62. The minimum atomic E-state index is -1.07. The van der Waals surface area contributed by atoms with Crippen LogP contribution in [-0.2, 0) is 14.3 Å². The van der Waals surface area contributed by atoms with Gasteiger partial charge in [-0.2, -0.15) is 0 Å². The number of carboxylic acid groups (broad SMARTS) is 1. The summed E-state index contributed by atoms with van der Waals surface area (Å²) in [6.07, 6.45) is 0.154. The van der Waals surface area contributed by atoms with E-state index in [0.717, 1.165) is 22.3 Å². The van der Waals surface area contributed by atoms with E-state index in [-0.39, 0.29) is 25.5 Å². The number of hydrogen-bond donors (Lipinski definition) is 3. The highest BCUT2D eigenvalue weighted by molar-refractivity contribution is 5.85. The van der Waals surface area contributed by atoms with Gasteiger partial charge in [0.15, 0.2) is 0 Å². The average Bonchev–Trinajstić information content (AvgIpc) is 3.10. The summed E-state index contributed by atoms with van der Waals surface area (Å²) in [5.74, 6) is -2.04. The summed E-state index contributed by atoms with van der Waals surface area (Å²) in [4.78, 5) is 35.8. The molecule has 1 aliphatic rings. The Morgan fingerprint density at radius 1 is 0.968 bits per heavy atom. The number of aliphatic carboxylic acids is 1. The Labute approximate surface area is 181 Å². The number of carbonyl (C=O) groups is 3. The molecule has 0 aliphatic heterocycles. The molecule has 1 aliphatic carbocycles. The van der Waals surface area contributed by atoms with Crippen LogP contribution in [0, 0.1) is 5.92 Å². The van der Waals surface area contributed by atoms with E-state index >= 15 is 0 Å². The predicted molar refractivity (Wildman–Crippen MR) is 117 cm³/mol. The first-order valence-corrected chi connectivity index (χ1v) is 10.6. The molecule has 164 valence electrons. The van der Waals surface area contributed by atoms with Gasteiger partial charge in [0.25, 0.3) is 0 Å². The van der Waals surface area contributed by atoms with Crippen molar-refractivity contribution in [2.45, 2.75) is 38.6 Å². The van der Waals surface area contributed by atoms with Gasteiger partial charge in [-0.1, -0.05) is 62.4 Å². The molecule has 0 bridgehead atoms. The number of hydrogen-bond acceptors (Lipinski definition) is 4. The van der Waals surface area contributed by atoms with Gasteiger partial charge in [-0.05, 0) is 35.1 Å².